The second-order valence-electron chi connectivity index (χ2n) is 4.39. The molecule has 1 atom stereocenters. The van der Waals surface area contributed by atoms with Crippen molar-refractivity contribution in [2.24, 2.45) is 5.73 Å². The van der Waals surface area contributed by atoms with Crippen molar-refractivity contribution in [2.45, 2.75) is 32.2 Å². The molecular weight excluding hydrogens is 250 g/mol. The Morgan fingerprint density at radius 1 is 1.44 bits per heavy atom. The summed E-state index contributed by atoms with van der Waals surface area (Å²) in [5.74, 6) is 1.22. The topological polar surface area (TPSA) is 64.9 Å². The summed E-state index contributed by atoms with van der Waals surface area (Å²) in [6, 6.07) is 7.61. The Labute approximate surface area is 111 Å². The van der Waals surface area contributed by atoms with Crippen molar-refractivity contribution in [2.75, 3.05) is 0 Å². The highest BCUT2D eigenvalue weighted by Gasteiger charge is 2.08. The number of nitrogens with two attached hydrogens (primary N) is 1. The fraction of sp³-hybridized carbons (Fsp3) is 0.385. The first kappa shape index (κ1) is 13.1. The fourth-order valence-electron chi connectivity index (χ4n) is 1.68. The van der Waals surface area contributed by atoms with E-state index in [0.29, 0.717) is 16.7 Å². The first-order chi connectivity index (χ1) is 8.65. The largest absolute Gasteiger partial charge is 0.339 e. The molecule has 0 fully saturated rings. The molecule has 5 heteroatoms. The summed E-state index contributed by atoms with van der Waals surface area (Å²) in [6.45, 7) is 1.99. The molecule has 0 saturated carbocycles. The molecule has 2 N–H and O–H groups in total. The van der Waals surface area contributed by atoms with Gasteiger partial charge in [-0.1, -0.05) is 28.9 Å². The molecule has 0 radical (unpaired) electrons. The van der Waals surface area contributed by atoms with Crippen LogP contribution in [-0.2, 0) is 6.42 Å². The van der Waals surface area contributed by atoms with E-state index in [4.69, 9.17) is 21.9 Å². The molecule has 1 unspecified atom stereocenters. The van der Waals surface area contributed by atoms with Crippen molar-refractivity contribution in [3.8, 4) is 11.4 Å². The van der Waals surface area contributed by atoms with E-state index < -0.39 is 0 Å². The van der Waals surface area contributed by atoms with E-state index in [0.717, 1.165) is 24.8 Å². The highest BCUT2D eigenvalue weighted by atomic mass is 35.5. The van der Waals surface area contributed by atoms with E-state index in [1.54, 1.807) is 0 Å². The third-order valence-electron chi connectivity index (χ3n) is 2.60. The summed E-state index contributed by atoms with van der Waals surface area (Å²) in [7, 11) is 0. The minimum Gasteiger partial charge on any atom is -0.339 e. The third-order valence-corrected chi connectivity index (χ3v) is 2.84. The molecule has 0 saturated heterocycles. The van der Waals surface area contributed by atoms with Gasteiger partial charge in [0.2, 0.25) is 11.7 Å². The lowest BCUT2D eigenvalue weighted by molar-refractivity contribution is 0.373. The zero-order chi connectivity index (χ0) is 13.0. The van der Waals surface area contributed by atoms with Gasteiger partial charge in [-0.2, -0.15) is 4.98 Å². The van der Waals surface area contributed by atoms with Gasteiger partial charge >= 0.3 is 0 Å². The Kier molecular flexibility index (Phi) is 4.33. The van der Waals surface area contributed by atoms with E-state index in [9.17, 15) is 0 Å². The maximum atomic E-state index is 5.92. The number of rotatable bonds is 5. The summed E-state index contributed by atoms with van der Waals surface area (Å²) in [4.78, 5) is 4.34. The molecule has 2 rings (SSSR count). The lowest BCUT2D eigenvalue weighted by atomic mass is 10.1. The molecule has 2 aromatic rings. The number of hydrogen-bond donors (Lipinski definition) is 1. The standard InChI is InChI=1S/C13H16ClN3O/c1-9(15)4-2-7-12-16-13(17-18-12)10-5-3-6-11(14)8-10/h3,5-6,8-9H,2,4,7,15H2,1H3. The molecule has 0 aliphatic heterocycles. The van der Waals surface area contributed by atoms with Gasteiger partial charge in [0.25, 0.3) is 0 Å². The Hall–Kier alpha value is -1.39. The van der Waals surface area contributed by atoms with Crippen LogP contribution in [0.5, 0.6) is 0 Å². The molecule has 0 spiro atoms. The molecule has 4 nitrogen and oxygen atoms in total. The summed E-state index contributed by atoms with van der Waals surface area (Å²) in [6.07, 6.45) is 2.67. The number of nitrogens with zero attached hydrogens (tertiary/aromatic N) is 2. The Bertz CT molecular complexity index is 510. The second kappa shape index (κ2) is 5.98. The number of aromatic nitrogens is 2. The van der Waals surface area contributed by atoms with Gasteiger partial charge in [-0.05, 0) is 31.9 Å². The van der Waals surface area contributed by atoms with Crippen molar-refractivity contribution < 1.29 is 4.52 Å². The van der Waals surface area contributed by atoms with Crippen LogP contribution in [0.2, 0.25) is 5.02 Å². The normalized spacial score (nSPS) is 12.6. The quantitative estimate of drug-likeness (QED) is 0.902. The average Bonchev–Trinajstić information content (AvgIpc) is 2.77. The van der Waals surface area contributed by atoms with Crippen LogP contribution in [0, 0.1) is 0 Å². The van der Waals surface area contributed by atoms with E-state index in [2.05, 4.69) is 10.1 Å². The van der Waals surface area contributed by atoms with E-state index in [1.807, 2.05) is 31.2 Å². The summed E-state index contributed by atoms with van der Waals surface area (Å²) in [5.41, 5.74) is 6.55. The molecule has 1 heterocycles. The molecular formula is C13H16ClN3O. The van der Waals surface area contributed by atoms with Crippen molar-refractivity contribution in [3.63, 3.8) is 0 Å². The summed E-state index contributed by atoms with van der Waals surface area (Å²) in [5, 5.41) is 4.61. The van der Waals surface area contributed by atoms with E-state index in [-0.39, 0.29) is 6.04 Å². The maximum Gasteiger partial charge on any atom is 0.226 e. The van der Waals surface area contributed by atoms with Gasteiger partial charge in [-0.15, -0.1) is 0 Å². The van der Waals surface area contributed by atoms with Gasteiger partial charge in [0.15, 0.2) is 0 Å². The minimum absolute atomic E-state index is 0.209. The molecule has 0 aliphatic carbocycles. The van der Waals surface area contributed by atoms with E-state index in [1.165, 1.54) is 0 Å². The van der Waals surface area contributed by atoms with Crippen LogP contribution in [0.25, 0.3) is 11.4 Å². The number of halogens is 1. The van der Waals surface area contributed by atoms with Gasteiger partial charge < -0.3 is 10.3 Å². The van der Waals surface area contributed by atoms with Gasteiger partial charge in [-0.3, -0.25) is 0 Å². The number of benzene rings is 1. The van der Waals surface area contributed by atoms with Gasteiger partial charge in [0.1, 0.15) is 0 Å². The number of aryl methyl sites for hydroxylation is 1. The van der Waals surface area contributed by atoms with Crippen LogP contribution >= 0.6 is 11.6 Å². The van der Waals surface area contributed by atoms with Crippen LogP contribution in [0.15, 0.2) is 28.8 Å². The highest BCUT2D eigenvalue weighted by molar-refractivity contribution is 6.30. The Balaban J connectivity index is 2.02. The van der Waals surface area contributed by atoms with Crippen molar-refractivity contribution in [1.29, 1.82) is 0 Å². The lowest BCUT2D eigenvalue weighted by Crippen LogP contribution is -2.14. The predicted octanol–water partition coefficient (Wildman–Crippen LogP) is 3.06. The molecule has 1 aromatic heterocycles. The molecule has 0 aliphatic rings. The summed E-state index contributed by atoms with van der Waals surface area (Å²) < 4.78 is 5.20. The zero-order valence-electron chi connectivity index (χ0n) is 10.3. The van der Waals surface area contributed by atoms with Gasteiger partial charge in [-0.25, -0.2) is 0 Å². The van der Waals surface area contributed by atoms with Crippen LogP contribution < -0.4 is 5.73 Å². The molecule has 18 heavy (non-hydrogen) atoms. The smallest absolute Gasteiger partial charge is 0.226 e. The molecule has 0 amide bonds. The first-order valence-electron chi connectivity index (χ1n) is 5.99. The van der Waals surface area contributed by atoms with E-state index >= 15 is 0 Å². The maximum absolute atomic E-state index is 5.92. The lowest BCUT2D eigenvalue weighted by Gasteiger charge is -2.00. The monoisotopic (exact) mass is 265 g/mol. The van der Waals surface area contributed by atoms with Crippen LogP contribution in [0.3, 0.4) is 0 Å². The molecule has 1 aromatic carbocycles. The van der Waals surface area contributed by atoms with Crippen LogP contribution in [0.1, 0.15) is 25.7 Å². The minimum atomic E-state index is 0.209. The Morgan fingerprint density at radius 2 is 2.28 bits per heavy atom. The van der Waals surface area contributed by atoms with Crippen molar-refractivity contribution >= 4 is 11.6 Å². The SMILES string of the molecule is CC(N)CCCc1nc(-c2cccc(Cl)c2)no1. The molecule has 96 valence electrons. The third kappa shape index (κ3) is 3.55. The van der Waals surface area contributed by atoms with Gasteiger partial charge in [0, 0.05) is 23.0 Å². The first-order valence-corrected chi connectivity index (χ1v) is 6.37. The Morgan fingerprint density at radius 3 is 3.00 bits per heavy atom. The van der Waals surface area contributed by atoms with Crippen molar-refractivity contribution in [3.05, 3.63) is 35.2 Å². The number of hydrogen-bond acceptors (Lipinski definition) is 4. The van der Waals surface area contributed by atoms with Gasteiger partial charge in [0.05, 0.1) is 0 Å². The second-order valence-corrected chi connectivity index (χ2v) is 4.83. The van der Waals surface area contributed by atoms with Crippen LogP contribution in [-0.4, -0.2) is 16.2 Å². The zero-order valence-corrected chi connectivity index (χ0v) is 11.0. The predicted molar refractivity (Wildman–Crippen MR) is 71.3 cm³/mol. The summed E-state index contributed by atoms with van der Waals surface area (Å²) >= 11 is 5.92. The average molecular weight is 266 g/mol. The van der Waals surface area contributed by atoms with Crippen LogP contribution in [0.4, 0.5) is 0 Å². The fourth-order valence-corrected chi connectivity index (χ4v) is 1.87. The highest BCUT2D eigenvalue weighted by Crippen LogP contribution is 2.20. The molecule has 0 bridgehead atoms. The van der Waals surface area contributed by atoms with Crippen molar-refractivity contribution in [1.82, 2.24) is 10.1 Å².